The summed E-state index contributed by atoms with van der Waals surface area (Å²) in [5, 5.41) is 4.52. The lowest BCUT2D eigenvalue weighted by atomic mass is 10.1. The number of rotatable bonds is 5. The predicted molar refractivity (Wildman–Crippen MR) is 90.4 cm³/mol. The van der Waals surface area contributed by atoms with E-state index in [1.807, 2.05) is 18.2 Å². The number of hydrogen-bond donors (Lipinski definition) is 1. The van der Waals surface area contributed by atoms with Crippen molar-refractivity contribution in [1.29, 1.82) is 0 Å². The van der Waals surface area contributed by atoms with Crippen molar-refractivity contribution in [3.05, 3.63) is 40.1 Å². The van der Waals surface area contributed by atoms with Crippen LogP contribution >= 0.6 is 23.2 Å². The number of benzene rings is 1. The Bertz CT molecular complexity index is 627. The van der Waals surface area contributed by atoms with E-state index < -0.39 is 0 Å². The highest BCUT2D eigenvalue weighted by Crippen LogP contribution is 2.31. The number of anilines is 1. The summed E-state index contributed by atoms with van der Waals surface area (Å²) in [5.41, 5.74) is 1.68. The Balaban J connectivity index is 2.48. The van der Waals surface area contributed by atoms with Crippen molar-refractivity contribution < 1.29 is 0 Å². The van der Waals surface area contributed by atoms with Gasteiger partial charge in [0.2, 0.25) is 0 Å². The standard InChI is InChI=1S/C16H19Cl2N3/c1-4-7-19-15-9-14(20-16(21-15)10(2)3)12-6-5-11(17)8-13(12)18/h5-6,8-10H,4,7H2,1-3H3,(H,19,20,21). The second-order valence-corrected chi connectivity index (χ2v) is 6.05. The Morgan fingerprint density at radius 3 is 2.52 bits per heavy atom. The van der Waals surface area contributed by atoms with Gasteiger partial charge in [-0.15, -0.1) is 0 Å². The molecule has 0 saturated carbocycles. The lowest BCUT2D eigenvalue weighted by Gasteiger charge is -2.12. The van der Waals surface area contributed by atoms with E-state index in [0.29, 0.717) is 10.0 Å². The van der Waals surface area contributed by atoms with Crippen molar-refractivity contribution >= 4 is 29.0 Å². The van der Waals surface area contributed by atoms with Crippen LogP contribution in [0.15, 0.2) is 24.3 Å². The quantitative estimate of drug-likeness (QED) is 0.800. The Labute approximate surface area is 135 Å². The second kappa shape index (κ2) is 7.10. The zero-order valence-electron chi connectivity index (χ0n) is 12.5. The minimum atomic E-state index is 0.248. The van der Waals surface area contributed by atoms with Crippen molar-refractivity contribution in [1.82, 2.24) is 9.97 Å². The molecule has 2 aromatic rings. The highest BCUT2D eigenvalue weighted by Gasteiger charge is 2.12. The first-order valence-electron chi connectivity index (χ1n) is 7.09. The van der Waals surface area contributed by atoms with Crippen LogP contribution in [0.3, 0.4) is 0 Å². The molecule has 0 spiro atoms. The summed E-state index contributed by atoms with van der Waals surface area (Å²) in [7, 11) is 0. The largest absolute Gasteiger partial charge is 0.370 e. The zero-order chi connectivity index (χ0) is 15.4. The monoisotopic (exact) mass is 323 g/mol. The lowest BCUT2D eigenvalue weighted by molar-refractivity contribution is 0.775. The van der Waals surface area contributed by atoms with Gasteiger partial charge in [0.25, 0.3) is 0 Å². The molecule has 0 atom stereocenters. The maximum atomic E-state index is 6.29. The normalized spacial score (nSPS) is 11.0. The maximum Gasteiger partial charge on any atom is 0.133 e. The Morgan fingerprint density at radius 1 is 1.14 bits per heavy atom. The average molecular weight is 324 g/mol. The first kappa shape index (κ1) is 16.1. The van der Waals surface area contributed by atoms with E-state index in [4.69, 9.17) is 23.2 Å². The van der Waals surface area contributed by atoms with Crippen LogP contribution in [0.2, 0.25) is 10.0 Å². The third-order valence-corrected chi connectivity index (χ3v) is 3.57. The van der Waals surface area contributed by atoms with Crippen LogP contribution < -0.4 is 5.32 Å². The SMILES string of the molecule is CCCNc1cc(-c2ccc(Cl)cc2Cl)nc(C(C)C)n1. The highest BCUT2D eigenvalue weighted by atomic mass is 35.5. The van der Waals surface area contributed by atoms with E-state index in [1.165, 1.54) is 0 Å². The van der Waals surface area contributed by atoms with Gasteiger partial charge in [0.15, 0.2) is 0 Å². The van der Waals surface area contributed by atoms with E-state index in [9.17, 15) is 0 Å². The minimum absolute atomic E-state index is 0.248. The van der Waals surface area contributed by atoms with Gasteiger partial charge in [-0.2, -0.15) is 0 Å². The van der Waals surface area contributed by atoms with Crippen molar-refractivity contribution in [2.24, 2.45) is 0 Å². The molecule has 0 fully saturated rings. The fraction of sp³-hybridized carbons (Fsp3) is 0.375. The smallest absolute Gasteiger partial charge is 0.133 e. The summed E-state index contributed by atoms with van der Waals surface area (Å²) in [6.45, 7) is 7.15. The molecule has 1 heterocycles. The molecule has 2 rings (SSSR count). The van der Waals surface area contributed by atoms with Gasteiger partial charge in [-0.25, -0.2) is 9.97 Å². The fourth-order valence-electron chi connectivity index (χ4n) is 1.90. The molecule has 21 heavy (non-hydrogen) atoms. The molecule has 112 valence electrons. The molecule has 0 aliphatic carbocycles. The van der Waals surface area contributed by atoms with Crippen LogP contribution in [-0.2, 0) is 0 Å². The Kier molecular flexibility index (Phi) is 5.43. The van der Waals surface area contributed by atoms with Gasteiger partial charge >= 0.3 is 0 Å². The first-order chi connectivity index (χ1) is 10.0. The van der Waals surface area contributed by atoms with Gasteiger partial charge in [-0.1, -0.05) is 44.0 Å². The van der Waals surface area contributed by atoms with E-state index in [0.717, 1.165) is 35.9 Å². The molecule has 0 radical (unpaired) electrons. The van der Waals surface area contributed by atoms with Gasteiger partial charge in [-0.05, 0) is 24.6 Å². The van der Waals surface area contributed by atoms with Gasteiger partial charge in [-0.3, -0.25) is 0 Å². The molecular formula is C16H19Cl2N3. The molecule has 1 aromatic carbocycles. The molecule has 0 bridgehead atoms. The lowest BCUT2D eigenvalue weighted by Crippen LogP contribution is -2.07. The summed E-state index contributed by atoms with van der Waals surface area (Å²) in [5.74, 6) is 1.88. The zero-order valence-corrected chi connectivity index (χ0v) is 14.0. The fourth-order valence-corrected chi connectivity index (χ4v) is 2.41. The van der Waals surface area contributed by atoms with Crippen LogP contribution in [0.4, 0.5) is 5.82 Å². The van der Waals surface area contributed by atoms with Gasteiger partial charge < -0.3 is 5.32 Å². The van der Waals surface area contributed by atoms with Crippen LogP contribution in [-0.4, -0.2) is 16.5 Å². The number of nitrogens with zero attached hydrogens (tertiary/aromatic N) is 2. The van der Waals surface area contributed by atoms with E-state index in [-0.39, 0.29) is 5.92 Å². The molecule has 0 unspecified atom stereocenters. The van der Waals surface area contributed by atoms with Crippen LogP contribution in [0.1, 0.15) is 38.9 Å². The van der Waals surface area contributed by atoms with Gasteiger partial charge in [0, 0.05) is 29.1 Å². The molecule has 0 aliphatic rings. The summed E-state index contributed by atoms with van der Waals surface area (Å²) in [6, 6.07) is 7.37. The molecule has 0 aliphatic heterocycles. The van der Waals surface area contributed by atoms with E-state index in [2.05, 4.69) is 36.1 Å². The number of hydrogen-bond acceptors (Lipinski definition) is 3. The molecular weight excluding hydrogens is 305 g/mol. The first-order valence-corrected chi connectivity index (χ1v) is 7.85. The molecule has 3 nitrogen and oxygen atoms in total. The van der Waals surface area contributed by atoms with Gasteiger partial charge in [0.05, 0.1) is 10.7 Å². The molecule has 0 saturated heterocycles. The van der Waals surface area contributed by atoms with Crippen LogP contribution in [0.5, 0.6) is 0 Å². The van der Waals surface area contributed by atoms with Crippen LogP contribution in [0, 0.1) is 0 Å². The molecule has 0 amide bonds. The predicted octanol–water partition coefficient (Wildman–Crippen LogP) is 5.40. The molecule has 1 N–H and O–H groups in total. The van der Waals surface area contributed by atoms with E-state index in [1.54, 1.807) is 6.07 Å². The second-order valence-electron chi connectivity index (χ2n) is 5.20. The number of nitrogens with one attached hydrogen (secondary N) is 1. The minimum Gasteiger partial charge on any atom is -0.370 e. The average Bonchev–Trinajstić information content (AvgIpc) is 2.44. The van der Waals surface area contributed by atoms with E-state index >= 15 is 0 Å². The number of halogens is 2. The summed E-state index contributed by atoms with van der Waals surface area (Å²) in [4.78, 5) is 9.17. The molecule has 1 aromatic heterocycles. The van der Waals surface area contributed by atoms with Crippen molar-refractivity contribution in [2.75, 3.05) is 11.9 Å². The Morgan fingerprint density at radius 2 is 1.90 bits per heavy atom. The third-order valence-electron chi connectivity index (χ3n) is 3.02. The van der Waals surface area contributed by atoms with Crippen molar-refractivity contribution in [2.45, 2.75) is 33.1 Å². The summed E-state index contributed by atoms with van der Waals surface area (Å²) < 4.78 is 0. The summed E-state index contributed by atoms with van der Waals surface area (Å²) in [6.07, 6.45) is 1.04. The van der Waals surface area contributed by atoms with Crippen molar-refractivity contribution in [3.8, 4) is 11.3 Å². The third kappa shape index (κ3) is 4.08. The highest BCUT2D eigenvalue weighted by molar-refractivity contribution is 6.36. The summed E-state index contributed by atoms with van der Waals surface area (Å²) >= 11 is 12.2. The topological polar surface area (TPSA) is 37.8 Å². The van der Waals surface area contributed by atoms with Crippen molar-refractivity contribution in [3.63, 3.8) is 0 Å². The van der Waals surface area contributed by atoms with Gasteiger partial charge in [0.1, 0.15) is 11.6 Å². The maximum absolute atomic E-state index is 6.29. The Hall–Kier alpha value is -1.32. The number of aromatic nitrogens is 2. The van der Waals surface area contributed by atoms with Crippen LogP contribution in [0.25, 0.3) is 11.3 Å². The molecule has 5 heteroatoms.